The van der Waals surface area contributed by atoms with Crippen molar-refractivity contribution in [2.45, 2.75) is 19.8 Å². The average Bonchev–Trinajstić information content (AvgIpc) is 2.72. The van der Waals surface area contributed by atoms with Crippen LogP contribution in [0.2, 0.25) is 0 Å². The largest absolute Gasteiger partial charge is 0.339 e. The second-order valence-corrected chi connectivity index (χ2v) is 5.88. The Morgan fingerprint density at radius 2 is 1.89 bits per heavy atom. The van der Waals surface area contributed by atoms with Gasteiger partial charge in [0.15, 0.2) is 0 Å². The first-order chi connectivity index (χ1) is 13.5. The topological polar surface area (TPSA) is 112 Å². The normalized spacial score (nSPS) is 16.5. The van der Waals surface area contributed by atoms with E-state index in [2.05, 4.69) is 5.10 Å². The van der Waals surface area contributed by atoms with Gasteiger partial charge >= 0.3 is 0 Å². The summed E-state index contributed by atoms with van der Waals surface area (Å²) in [6.45, 7) is 2.29. The number of non-ortho nitro benzene ring substituents is 1. The third kappa shape index (κ3) is 3.82. The van der Waals surface area contributed by atoms with Crippen LogP contribution in [0.5, 0.6) is 0 Å². The minimum Gasteiger partial charge on any atom is -0.339 e. The number of hydrogen-bond donors (Lipinski definition) is 0. The number of nitro benzene ring substituents is 1. The van der Waals surface area contributed by atoms with E-state index in [0.717, 1.165) is 5.56 Å². The predicted octanol–water partition coefficient (Wildman–Crippen LogP) is 2.64. The Kier molecular flexibility index (Phi) is 5.62. The Hall–Kier alpha value is -3.77. The Morgan fingerprint density at radius 1 is 1.21 bits per heavy atom. The van der Waals surface area contributed by atoms with Crippen LogP contribution in [0.25, 0.3) is 0 Å². The SMILES string of the molecule is CCOC1N(Cc2ccccc2)C(=O)C(C#N)=NN1c1ccc([N+](=O)[O-])cc1. The smallest absolute Gasteiger partial charge is 0.289 e. The van der Waals surface area contributed by atoms with Crippen molar-refractivity contribution in [3.05, 3.63) is 70.3 Å². The van der Waals surface area contributed by atoms with Crippen molar-refractivity contribution in [3.63, 3.8) is 0 Å². The van der Waals surface area contributed by atoms with Crippen LogP contribution in [-0.2, 0) is 16.1 Å². The number of carbonyl (C=O) groups excluding carboxylic acids is 1. The molecule has 2 aromatic carbocycles. The van der Waals surface area contributed by atoms with E-state index >= 15 is 0 Å². The lowest BCUT2D eigenvalue weighted by Gasteiger charge is -2.40. The molecule has 1 atom stereocenters. The summed E-state index contributed by atoms with van der Waals surface area (Å²) < 4.78 is 5.76. The molecule has 0 saturated heterocycles. The van der Waals surface area contributed by atoms with Crippen molar-refractivity contribution in [3.8, 4) is 6.07 Å². The molecular formula is C19H17N5O4. The lowest BCUT2D eigenvalue weighted by molar-refractivity contribution is -0.384. The molecule has 0 saturated carbocycles. The monoisotopic (exact) mass is 379 g/mol. The Morgan fingerprint density at radius 3 is 2.46 bits per heavy atom. The maximum absolute atomic E-state index is 12.7. The fourth-order valence-corrected chi connectivity index (χ4v) is 2.79. The molecule has 0 aliphatic carbocycles. The number of rotatable bonds is 6. The van der Waals surface area contributed by atoms with Crippen LogP contribution in [0.1, 0.15) is 12.5 Å². The molecule has 0 aromatic heterocycles. The highest BCUT2D eigenvalue weighted by molar-refractivity contribution is 6.45. The highest BCUT2D eigenvalue weighted by atomic mass is 16.6. The van der Waals surface area contributed by atoms with Crippen molar-refractivity contribution in [1.82, 2.24) is 4.90 Å². The predicted molar refractivity (Wildman–Crippen MR) is 101 cm³/mol. The Bertz CT molecular complexity index is 937. The van der Waals surface area contributed by atoms with Crippen molar-refractivity contribution in [2.24, 2.45) is 5.10 Å². The molecule has 0 fully saturated rings. The van der Waals surface area contributed by atoms with Gasteiger partial charge < -0.3 is 4.74 Å². The zero-order chi connectivity index (χ0) is 20.1. The second-order valence-electron chi connectivity index (χ2n) is 5.88. The third-order valence-corrected chi connectivity index (χ3v) is 4.09. The number of anilines is 1. The molecule has 2 aromatic rings. The van der Waals surface area contributed by atoms with Gasteiger partial charge in [-0.2, -0.15) is 10.4 Å². The van der Waals surface area contributed by atoms with E-state index in [1.807, 2.05) is 36.4 Å². The average molecular weight is 379 g/mol. The Balaban J connectivity index is 2.01. The molecule has 142 valence electrons. The van der Waals surface area contributed by atoms with E-state index in [-0.39, 0.29) is 17.9 Å². The van der Waals surface area contributed by atoms with Crippen molar-refractivity contribution >= 4 is 23.0 Å². The summed E-state index contributed by atoms with van der Waals surface area (Å²) in [5.41, 5.74) is 0.964. The van der Waals surface area contributed by atoms with Crippen molar-refractivity contribution in [2.75, 3.05) is 11.6 Å². The highest BCUT2D eigenvalue weighted by Gasteiger charge is 2.38. The van der Waals surface area contributed by atoms with Gasteiger partial charge in [0.25, 0.3) is 11.6 Å². The zero-order valence-corrected chi connectivity index (χ0v) is 15.1. The number of hydrazone groups is 1. The summed E-state index contributed by atoms with van der Waals surface area (Å²) in [6.07, 6.45) is -0.892. The third-order valence-electron chi connectivity index (χ3n) is 4.09. The van der Waals surface area contributed by atoms with Crippen LogP contribution in [0, 0.1) is 21.4 Å². The van der Waals surface area contributed by atoms with Gasteiger partial charge in [-0.15, -0.1) is 0 Å². The summed E-state index contributed by atoms with van der Waals surface area (Å²) in [4.78, 5) is 24.5. The molecule has 0 N–H and O–H groups in total. The van der Waals surface area contributed by atoms with Crippen LogP contribution < -0.4 is 5.01 Å². The summed E-state index contributed by atoms with van der Waals surface area (Å²) in [7, 11) is 0. The van der Waals surface area contributed by atoms with Gasteiger partial charge in [-0.1, -0.05) is 30.3 Å². The molecular weight excluding hydrogens is 362 g/mol. The van der Waals surface area contributed by atoms with E-state index in [0.29, 0.717) is 12.3 Å². The van der Waals surface area contributed by atoms with E-state index < -0.39 is 17.2 Å². The van der Waals surface area contributed by atoms with Crippen molar-refractivity contribution < 1.29 is 14.5 Å². The Labute approximate surface area is 161 Å². The zero-order valence-electron chi connectivity index (χ0n) is 15.1. The number of ether oxygens (including phenoxy) is 1. The molecule has 0 bridgehead atoms. The minimum absolute atomic E-state index is 0.0737. The van der Waals surface area contributed by atoms with Crippen LogP contribution in [0.3, 0.4) is 0 Å². The second kappa shape index (κ2) is 8.28. The summed E-state index contributed by atoms with van der Waals surface area (Å²) in [6, 6.07) is 16.8. The molecule has 9 nitrogen and oxygen atoms in total. The molecule has 0 spiro atoms. The van der Waals surface area contributed by atoms with Gasteiger partial charge in [-0.25, -0.2) is 5.01 Å². The lowest BCUT2D eigenvalue weighted by Crippen LogP contribution is -2.56. The van der Waals surface area contributed by atoms with Crippen LogP contribution in [0.4, 0.5) is 11.4 Å². The quantitative estimate of drug-likeness (QED) is 0.563. The first-order valence-electron chi connectivity index (χ1n) is 8.54. The van der Waals surface area contributed by atoms with E-state index in [9.17, 15) is 20.2 Å². The minimum atomic E-state index is -0.892. The first kappa shape index (κ1) is 19.0. The standard InChI is InChI=1S/C19H17N5O4/c1-2-28-19-22(13-14-6-4-3-5-7-14)18(25)17(12-20)21-23(19)15-8-10-16(11-9-15)24(26)27/h3-11,19H,2,13H2,1H3. The van der Waals surface area contributed by atoms with E-state index in [1.165, 1.54) is 34.2 Å². The molecule has 1 aliphatic rings. The summed E-state index contributed by atoms with van der Waals surface area (Å²) in [5, 5.41) is 25.8. The number of nitrogens with zero attached hydrogens (tertiary/aromatic N) is 5. The molecule has 28 heavy (non-hydrogen) atoms. The maximum atomic E-state index is 12.7. The van der Waals surface area contributed by atoms with Crippen molar-refractivity contribution in [1.29, 1.82) is 5.26 Å². The number of benzene rings is 2. The van der Waals surface area contributed by atoms with E-state index in [4.69, 9.17) is 4.74 Å². The first-order valence-corrected chi connectivity index (χ1v) is 8.54. The van der Waals surface area contributed by atoms with E-state index in [1.54, 1.807) is 6.92 Å². The van der Waals surface area contributed by atoms with Gasteiger partial charge in [0.05, 0.1) is 17.2 Å². The lowest BCUT2D eigenvalue weighted by atomic mass is 10.2. The van der Waals surface area contributed by atoms with Crippen LogP contribution in [0.15, 0.2) is 59.7 Å². The number of carbonyl (C=O) groups is 1. The van der Waals surface area contributed by atoms with Crippen LogP contribution in [-0.4, -0.2) is 34.4 Å². The van der Waals surface area contributed by atoms with Gasteiger partial charge in [-0.3, -0.25) is 19.8 Å². The summed E-state index contributed by atoms with van der Waals surface area (Å²) in [5.74, 6) is -0.539. The molecule has 9 heteroatoms. The molecule has 1 heterocycles. The van der Waals surface area contributed by atoms with Gasteiger partial charge in [0, 0.05) is 18.7 Å². The number of amides is 1. The molecule has 1 unspecified atom stereocenters. The summed E-state index contributed by atoms with van der Waals surface area (Å²) >= 11 is 0. The number of nitro groups is 1. The molecule has 1 aliphatic heterocycles. The van der Waals surface area contributed by atoms with Crippen LogP contribution >= 0.6 is 0 Å². The maximum Gasteiger partial charge on any atom is 0.289 e. The number of nitriles is 1. The fraction of sp³-hybridized carbons (Fsp3) is 0.211. The van der Waals surface area contributed by atoms with Gasteiger partial charge in [0.1, 0.15) is 6.07 Å². The molecule has 1 amide bonds. The molecule has 3 rings (SSSR count). The highest BCUT2D eigenvalue weighted by Crippen LogP contribution is 2.27. The van der Waals surface area contributed by atoms with Gasteiger partial charge in [0.2, 0.25) is 12.1 Å². The number of hydrogen-bond acceptors (Lipinski definition) is 7. The molecule has 0 radical (unpaired) electrons. The van der Waals surface area contributed by atoms with Gasteiger partial charge in [-0.05, 0) is 24.6 Å². The fourth-order valence-electron chi connectivity index (χ4n) is 2.79.